The molecule has 0 amide bonds. The summed E-state index contributed by atoms with van der Waals surface area (Å²) in [5.41, 5.74) is 0.652. The molecule has 0 aromatic heterocycles. The van der Waals surface area contributed by atoms with Gasteiger partial charge in [-0.3, -0.25) is 4.79 Å². The Morgan fingerprint density at radius 2 is 1.82 bits per heavy atom. The van der Waals surface area contributed by atoms with Crippen LogP contribution >= 0.6 is 22.6 Å². The van der Waals surface area contributed by atoms with E-state index in [1.165, 1.54) is 0 Å². The highest BCUT2D eigenvalue weighted by molar-refractivity contribution is 14.1. The van der Waals surface area contributed by atoms with E-state index < -0.39 is 9.84 Å². The molecule has 0 fully saturated rings. The molecule has 0 saturated heterocycles. The maximum Gasteiger partial charge on any atom is 0.162 e. The van der Waals surface area contributed by atoms with Gasteiger partial charge in [-0.2, -0.15) is 0 Å². The summed E-state index contributed by atoms with van der Waals surface area (Å²) in [7, 11) is -2.96. The van der Waals surface area contributed by atoms with Gasteiger partial charge >= 0.3 is 0 Å². The fourth-order valence-electron chi connectivity index (χ4n) is 1.38. The molecule has 0 aliphatic rings. The number of rotatable bonds is 6. The summed E-state index contributed by atoms with van der Waals surface area (Å²) in [6, 6.07) is 7.30. The van der Waals surface area contributed by atoms with Crippen LogP contribution in [0.5, 0.6) is 0 Å². The van der Waals surface area contributed by atoms with Gasteiger partial charge in [0, 0.05) is 21.3 Å². The van der Waals surface area contributed by atoms with E-state index in [9.17, 15) is 13.2 Å². The molecular weight excluding hydrogens is 351 g/mol. The van der Waals surface area contributed by atoms with E-state index in [1.807, 2.05) is 12.1 Å². The number of carbonyl (C=O) groups excluding carboxylic acids is 1. The van der Waals surface area contributed by atoms with Crippen molar-refractivity contribution in [3.63, 3.8) is 0 Å². The van der Waals surface area contributed by atoms with Gasteiger partial charge in [0.25, 0.3) is 0 Å². The molecular formula is C12H15IO3S. The van der Waals surface area contributed by atoms with Crippen LogP contribution in [0, 0.1) is 3.57 Å². The second kappa shape index (κ2) is 6.49. The number of ketones is 1. The smallest absolute Gasteiger partial charge is 0.162 e. The molecule has 0 spiro atoms. The molecule has 94 valence electrons. The number of Topliss-reactive ketones (excluding diaryl/α,β-unsaturated/α-hetero) is 1. The van der Waals surface area contributed by atoms with E-state index in [2.05, 4.69) is 22.6 Å². The van der Waals surface area contributed by atoms with Gasteiger partial charge < -0.3 is 0 Å². The van der Waals surface area contributed by atoms with E-state index >= 15 is 0 Å². The minimum Gasteiger partial charge on any atom is -0.294 e. The molecule has 0 saturated carbocycles. The lowest BCUT2D eigenvalue weighted by Crippen LogP contribution is -2.10. The average molecular weight is 366 g/mol. The molecule has 0 heterocycles. The Kier molecular flexibility index (Phi) is 5.58. The SMILES string of the molecule is CCS(=O)(=O)CCCC(=O)c1ccc(I)cc1. The Morgan fingerprint density at radius 1 is 1.24 bits per heavy atom. The molecule has 0 bridgehead atoms. The first kappa shape index (κ1) is 14.6. The van der Waals surface area contributed by atoms with Gasteiger partial charge in [-0.05, 0) is 41.1 Å². The van der Waals surface area contributed by atoms with Crippen molar-refractivity contribution in [2.45, 2.75) is 19.8 Å². The largest absolute Gasteiger partial charge is 0.294 e. The summed E-state index contributed by atoms with van der Waals surface area (Å²) in [6.07, 6.45) is 0.695. The van der Waals surface area contributed by atoms with Crippen LogP contribution in [0.1, 0.15) is 30.1 Å². The molecule has 1 aromatic carbocycles. The second-order valence-corrected chi connectivity index (χ2v) is 7.49. The third-order valence-corrected chi connectivity index (χ3v) is 4.97. The molecule has 0 unspecified atom stereocenters. The Hall–Kier alpha value is -0.430. The summed E-state index contributed by atoms with van der Waals surface area (Å²) in [6.45, 7) is 1.62. The van der Waals surface area contributed by atoms with Gasteiger partial charge in [-0.15, -0.1) is 0 Å². The normalized spacial score (nSPS) is 11.4. The highest BCUT2D eigenvalue weighted by Gasteiger charge is 2.10. The lowest BCUT2D eigenvalue weighted by atomic mass is 10.1. The van der Waals surface area contributed by atoms with Gasteiger partial charge in [-0.1, -0.05) is 19.1 Å². The first-order chi connectivity index (χ1) is 7.94. The minimum absolute atomic E-state index is 0.00713. The second-order valence-electron chi connectivity index (χ2n) is 3.77. The Labute approximate surface area is 116 Å². The molecule has 1 rings (SSSR count). The van der Waals surface area contributed by atoms with E-state index in [0.717, 1.165) is 3.57 Å². The van der Waals surface area contributed by atoms with Crippen LogP contribution in [0.25, 0.3) is 0 Å². The molecule has 3 nitrogen and oxygen atoms in total. The monoisotopic (exact) mass is 366 g/mol. The number of sulfone groups is 1. The van der Waals surface area contributed by atoms with Gasteiger partial charge in [0.15, 0.2) is 5.78 Å². The van der Waals surface area contributed by atoms with Crippen LogP contribution in [0.15, 0.2) is 24.3 Å². The van der Waals surface area contributed by atoms with Crippen LogP contribution in [0.4, 0.5) is 0 Å². The molecule has 0 radical (unpaired) electrons. The number of hydrogen-bond donors (Lipinski definition) is 0. The third-order valence-electron chi connectivity index (χ3n) is 2.47. The van der Waals surface area contributed by atoms with Crippen LogP contribution in [-0.2, 0) is 9.84 Å². The van der Waals surface area contributed by atoms with Crippen molar-refractivity contribution in [3.05, 3.63) is 33.4 Å². The standard InChI is InChI=1S/C12H15IO3S/c1-2-17(15,16)9-3-4-12(14)10-5-7-11(13)8-6-10/h5-8H,2-4,9H2,1H3. The molecule has 1 aromatic rings. The van der Waals surface area contributed by atoms with Crippen molar-refractivity contribution in [1.82, 2.24) is 0 Å². The number of benzene rings is 1. The third kappa shape index (κ3) is 5.16. The maximum atomic E-state index is 11.7. The summed E-state index contributed by atoms with van der Waals surface area (Å²) in [4.78, 5) is 11.7. The molecule has 0 aliphatic carbocycles. The van der Waals surface area contributed by atoms with Crippen molar-refractivity contribution in [2.75, 3.05) is 11.5 Å². The van der Waals surface area contributed by atoms with Crippen LogP contribution in [0.2, 0.25) is 0 Å². The van der Waals surface area contributed by atoms with Crippen LogP contribution in [-0.4, -0.2) is 25.7 Å². The topological polar surface area (TPSA) is 51.2 Å². The van der Waals surface area contributed by atoms with E-state index in [0.29, 0.717) is 18.4 Å². The zero-order valence-electron chi connectivity index (χ0n) is 9.65. The number of hydrogen-bond acceptors (Lipinski definition) is 3. The summed E-state index contributed by atoms with van der Waals surface area (Å²) in [5.74, 6) is 0.248. The summed E-state index contributed by atoms with van der Waals surface area (Å²) in [5, 5.41) is 0. The van der Waals surface area contributed by atoms with Crippen molar-refractivity contribution < 1.29 is 13.2 Å². The van der Waals surface area contributed by atoms with Gasteiger partial charge in [0.1, 0.15) is 9.84 Å². The van der Waals surface area contributed by atoms with Crippen molar-refractivity contribution in [3.8, 4) is 0 Å². The van der Waals surface area contributed by atoms with Gasteiger partial charge in [0.2, 0.25) is 0 Å². The predicted molar refractivity (Wildman–Crippen MR) is 77.1 cm³/mol. The summed E-state index contributed by atoms with van der Waals surface area (Å²) >= 11 is 2.17. The zero-order chi connectivity index (χ0) is 12.9. The molecule has 0 atom stereocenters. The van der Waals surface area contributed by atoms with Crippen molar-refractivity contribution >= 4 is 38.2 Å². The minimum atomic E-state index is -2.96. The van der Waals surface area contributed by atoms with Gasteiger partial charge in [0.05, 0.1) is 5.75 Å². The predicted octanol–water partition coefficient (Wildman–Crippen LogP) is 2.69. The Balaban J connectivity index is 2.48. The lowest BCUT2D eigenvalue weighted by Gasteiger charge is -2.02. The zero-order valence-corrected chi connectivity index (χ0v) is 12.6. The van der Waals surface area contributed by atoms with E-state index in [1.54, 1.807) is 19.1 Å². The summed E-state index contributed by atoms with van der Waals surface area (Å²) < 4.78 is 23.6. The first-order valence-electron chi connectivity index (χ1n) is 5.44. The first-order valence-corrected chi connectivity index (χ1v) is 8.34. The van der Waals surface area contributed by atoms with Crippen LogP contribution < -0.4 is 0 Å². The van der Waals surface area contributed by atoms with E-state index in [-0.39, 0.29) is 17.3 Å². The fourth-order valence-corrected chi connectivity index (χ4v) is 2.61. The Bertz CT molecular complexity index is 477. The van der Waals surface area contributed by atoms with Gasteiger partial charge in [-0.25, -0.2) is 8.42 Å². The van der Waals surface area contributed by atoms with E-state index in [4.69, 9.17) is 0 Å². The number of halogens is 1. The average Bonchev–Trinajstić information content (AvgIpc) is 2.29. The highest BCUT2D eigenvalue weighted by Crippen LogP contribution is 2.10. The van der Waals surface area contributed by atoms with Crippen molar-refractivity contribution in [1.29, 1.82) is 0 Å². The highest BCUT2D eigenvalue weighted by atomic mass is 127. The molecule has 0 aliphatic heterocycles. The molecule has 17 heavy (non-hydrogen) atoms. The quantitative estimate of drug-likeness (QED) is 0.575. The molecule has 5 heteroatoms. The lowest BCUT2D eigenvalue weighted by molar-refractivity contribution is 0.0982. The Morgan fingerprint density at radius 3 is 2.35 bits per heavy atom. The van der Waals surface area contributed by atoms with Crippen molar-refractivity contribution in [2.24, 2.45) is 0 Å². The molecule has 0 N–H and O–H groups in total. The number of carbonyl (C=O) groups is 1. The maximum absolute atomic E-state index is 11.7. The fraction of sp³-hybridized carbons (Fsp3) is 0.417. The van der Waals surface area contributed by atoms with Crippen LogP contribution in [0.3, 0.4) is 0 Å².